The Hall–Kier alpha value is -0.980. The Bertz CT molecular complexity index is 535. The standard InChI is InChI=1S/C17H29N5O/c1-20(12-16-18-19-17(21(16)2)13-5-6-13)14-7-8-22(10-14)11-15-4-3-9-23-15/h13-15H,3-12H2,1-2H3/t14-,15-/m1/s1. The second-order valence-electron chi connectivity index (χ2n) is 7.56. The van der Waals surface area contributed by atoms with Crippen molar-refractivity contribution in [1.29, 1.82) is 0 Å². The molecular weight excluding hydrogens is 290 g/mol. The van der Waals surface area contributed by atoms with Crippen LogP contribution in [0.25, 0.3) is 0 Å². The van der Waals surface area contributed by atoms with Crippen molar-refractivity contribution in [2.75, 3.05) is 33.3 Å². The van der Waals surface area contributed by atoms with Crippen molar-refractivity contribution in [1.82, 2.24) is 24.6 Å². The number of ether oxygens (including phenoxy) is 1. The first-order chi connectivity index (χ1) is 11.2. The fourth-order valence-electron chi connectivity index (χ4n) is 3.98. The van der Waals surface area contributed by atoms with Gasteiger partial charge < -0.3 is 9.30 Å². The van der Waals surface area contributed by atoms with Gasteiger partial charge in [-0.2, -0.15) is 0 Å². The van der Waals surface area contributed by atoms with E-state index in [-0.39, 0.29) is 0 Å². The highest BCUT2D eigenvalue weighted by molar-refractivity contribution is 5.07. The lowest BCUT2D eigenvalue weighted by Gasteiger charge is -2.25. The molecule has 6 nitrogen and oxygen atoms in total. The summed E-state index contributed by atoms with van der Waals surface area (Å²) < 4.78 is 7.99. The van der Waals surface area contributed by atoms with Gasteiger partial charge in [0.15, 0.2) is 0 Å². The first-order valence-electron chi connectivity index (χ1n) is 9.13. The third-order valence-electron chi connectivity index (χ3n) is 5.69. The number of likely N-dealkylation sites (tertiary alicyclic amines) is 1. The zero-order valence-electron chi connectivity index (χ0n) is 14.4. The molecule has 0 N–H and O–H groups in total. The van der Waals surface area contributed by atoms with Gasteiger partial charge >= 0.3 is 0 Å². The summed E-state index contributed by atoms with van der Waals surface area (Å²) in [4.78, 5) is 5.03. The van der Waals surface area contributed by atoms with E-state index in [1.807, 2.05) is 0 Å². The van der Waals surface area contributed by atoms with Gasteiger partial charge in [-0.25, -0.2) is 0 Å². The molecule has 2 atom stereocenters. The lowest BCUT2D eigenvalue weighted by molar-refractivity contribution is 0.0779. The van der Waals surface area contributed by atoms with Crippen LogP contribution in [0.5, 0.6) is 0 Å². The topological polar surface area (TPSA) is 46.4 Å². The van der Waals surface area contributed by atoms with Crippen LogP contribution in [0.1, 0.15) is 49.7 Å². The third-order valence-corrected chi connectivity index (χ3v) is 5.69. The Morgan fingerprint density at radius 3 is 2.83 bits per heavy atom. The molecule has 1 saturated carbocycles. The van der Waals surface area contributed by atoms with Gasteiger partial charge in [0.2, 0.25) is 0 Å². The van der Waals surface area contributed by atoms with Crippen molar-refractivity contribution < 1.29 is 4.74 Å². The maximum Gasteiger partial charge on any atom is 0.146 e. The van der Waals surface area contributed by atoms with Crippen molar-refractivity contribution in [3.63, 3.8) is 0 Å². The lowest BCUT2D eigenvalue weighted by atomic mass is 10.2. The smallest absolute Gasteiger partial charge is 0.146 e. The fourth-order valence-corrected chi connectivity index (χ4v) is 3.98. The van der Waals surface area contributed by atoms with Crippen LogP contribution in [0.3, 0.4) is 0 Å². The number of likely N-dealkylation sites (N-methyl/N-ethyl adjacent to an activating group) is 1. The summed E-state index contributed by atoms with van der Waals surface area (Å²) in [6, 6.07) is 0.623. The van der Waals surface area contributed by atoms with Crippen molar-refractivity contribution in [2.45, 2.75) is 56.7 Å². The Labute approximate surface area is 138 Å². The zero-order valence-corrected chi connectivity index (χ0v) is 14.4. The summed E-state index contributed by atoms with van der Waals surface area (Å²) in [5, 5.41) is 8.83. The average Bonchev–Trinajstić information content (AvgIpc) is 2.94. The fraction of sp³-hybridized carbons (Fsp3) is 0.882. The Morgan fingerprint density at radius 1 is 1.22 bits per heavy atom. The molecule has 3 heterocycles. The minimum atomic E-state index is 0.471. The molecule has 0 spiro atoms. The van der Waals surface area contributed by atoms with Crippen LogP contribution in [-0.4, -0.2) is 70.0 Å². The minimum Gasteiger partial charge on any atom is -0.377 e. The van der Waals surface area contributed by atoms with E-state index < -0.39 is 0 Å². The summed E-state index contributed by atoms with van der Waals surface area (Å²) in [6.45, 7) is 5.32. The van der Waals surface area contributed by atoms with Crippen molar-refractivity contribution in [2.24, 2.45) is 7.05 Å². The van der Waals surface area contributed by atoms with Crippen molar-refractivity contribution in [3.05, 3.63) is 11.6 Å². The van der Waals surface area contributed by atoms with Gasteiger partial charge in [-0.15, -0.1) is 10.2 Å². The second-order valence-corrected chi connectivity index (χ2v) is 7.56. The highest BCUT2D eigenvalue weighted by atomic mass is 16.5. The van der Waals surface area contributed by atoms with E-state index in [1.54, 1.807) is 0 Å². The van der Waals surface area contributed by atoms with Gasteiger partial charge in [-0.3, -0.25) is 9.80 Å². The first-order valence-corrected chi connectivity index (χ1v) is 9.13. The molecule has 1 aliphatic carbocycles. The largest absolute Gasteiger partial charge is 0.377 e. The molecule has 1 aromatic heterocycles. The SMILES string of the molecule is CN(Cc1nnc(C2CC2)n1C)[C@@H]1CCN(C[C@H]2CCCO2)C1. The molecule has 4 rings (SSSR count). The van der Waals surface area contributed by atoms with Crippen LogP contribution >= 0.6 is 0 Å². The lowest BCUT2D eigenvalue weighted by Crippen LogP contribution is -2.37. The van der Waals surface area contributed by atoms with Gasteiger partial charge in [-0.1, -0.05) is 0 Å². The number of hydrogen-bond donors (Lipinski definition) is 0. The van der Waals surface area contributed by atoms with E-state index in [0.29, 0.717) is 18.1 Å². The molecule has 0 amide bonds. The van der Waals surface area contributed by atoms with Crippen LogP contribution < -0.4 is 0 Å². The highest BCUT2D eigenvalue weighted by Crippen LogP contribution is 2.38. The minimum absolute atomic E-state index is 0.471. The molecule has 0 unspecified atom stereocenters. The molecule has 0 aromatic carbocycles. The van der Waals surface area contributed by atoms with Crippen LogP contribution in [0.2, 0.25) is 0 Å². The van der Waals surface area contributed by atoms with E-state index >= 15 is 0 Å². The molecule has 2 aliphatic heterocycles. The summed E-state index contributed by atoms with van der Waals surface area (Å²) in [7, 11) is 4.35. The van der Waals surface area contributed by atoms with Crippen LogP contribution in [0.15, 0.2) is 0 Å². The first kappa shape index (κ1) is 15.5. The molecule has 3 aliphatic rings. The maximum atomic E-state index is 5.78. The highest BCUT2D eigenvalue weighted by Gasteiger charge is 2.31. The molecular formula is C17H29N5O. The third kappa shape index (κ3) is 3.44. The van der Waals surface area contributed by atoms with E-state index in [2.05, 4.69) is 38.7 Å². The molecule has 1 aromatic rings. The van der Waals surface area contributed by atoms with Gasteiger partial charge in [0, 0.05) is 38.7 Å². The van der Waals surface area contributed by atoms with Crippen LogP contribution in [0.4, 0.5) is 0 Å². The van der Waals surface area contributed by atoms with Crippen molar-refractivity contribution >= 4 is 0 Å². The van der Waals surface area contributed by atoms with E-state index in [1.165, 1.54) is 44.5 Å². The number of rotatable bonds is 6. The Morgan fingerprint density at radius 2 is 2.09 bits per heavy atom. The molecule has 128 valence electrons. The molecule has 2 saturated heterocycles. The predicted molar refractivity (Wildman–Crippen MR) is 88.3 cm³/mol. The van der Waals surface area contributed by atoms with Gasteiger partial charge in [0.25, 0.3) is 0 Å². The summed E-state index contributed by atoms with van der Waals surface area (Å²) in [5.41, 5.74) is 0. The number of aromatic nitrogens is 3. The van der Waals surface area contributed by atoms with Gasteiger partial charge in [0.05, 0.1) is 12.6 Å². The number of nitrogens with zero attached hydrogens (tertiary/aromatic N) is 5. The van der Waals surface area contributed by atoms with Gasteiger partial charge in [-0.05, 0) is 45.7 Å². The summed E-state index contributed by atoms with van der Waals surface area (Å²) in [6.07, 6.45) is 6.75. The molecule has 0 radical (unpaired) electrons. The van der Waals surface area contributed by atoms with E-state index in [9.17, 15) is 0 Å². The van der Waals surface area contributed by atoms with Crippen LogP contribution in [-0.2, 0) is 18.3 Å². The molecule has 3 fully saturated rings. The monoisotopic (exact) mass is 319 g/mol. The summed E-state index contributed by atoms with van der Waals surface area (Å²) >= 11 is 0. The molecule has 6 heteroatoms. The van der Waals surface area contributed by atoms with E-state index in [4.69, 9.17) is 4.74 Å². The van der Waals surface area contributed by atoms with Gasteiger partial charge in [0.1, 0.15) is 11.6 Å². The second kappa shape index (κ2) is 6.49. The zero-order chi connectivity index (χ0) is 15.8. The Kier molecular flexibility index (Phi) is 4.39. The normalized spacial score (nSPS) is 29.0. The predicted octanol–water partition coefficient (Wildman–Crippen LogP) is 1.38. The maximum absolute atomic E-state index is 5.78. The quantitative estimate of drug-likeness (QED) is 0.793. The van der Waals surface area contributed by atoms with Crippen molar-refractivity contribution in [3.8, 4) is 0 Å². The van der Waals surface area contributed by atoms with E-state index in [0.717, 1.165) is 32.1 Å². The number of hydrogen-bond acceptors (Lipinski definition) is 5. The van der Waals surface area contributed by atoms with Crippen LogP contribution in [0, 0.1) is 0 Å². The Balaban J connectivity index is 1.30. The molecule has 0 bridgehead atoms. The molecule has 23 heavy (non-hydrogen) atoms. The average molecular weight is 319 g/mol. The summed E-state index contributed by atoms with van der Waals surface area (Å²) in [5.74, 6) is 2.95.